The van der Waals surface area contributed by atoms with Gasteiger partial charge < -0.3 is 0 Å². The highest BCUT2D eigenvalue weighted by atomic mass is 19.3. The number of halogens is 3. The Bertz CT molecular complexity index is 475. The number of benzene rings is 1. The van der Waals surface area contributed by atoms with E-state index in [0.29, 0.717) is 0 Å². The summed E-state index contributed by atoms with van der Waals surface area (Å²) in [6, 6.07) is 2.26. The molecule has 3 N–H and O–H groups in total. The molecule has 0 aliphatic carbocycles. The summed E-state index contributed by atoms with van der Waals surface area (Å²) in [5.41, 5.74) is 0.193. The summed E-state index contributed by atoms with van der Waals surface area (Å²) in [7, 11) is 0. The molecule has 0 heterocycles. The molecular weight excluding hydrogens is 237 g/mol. The zero-order valence-electron chi connectivity index (χ0n) is 8.76. The number of amides is 1. The van der Waals surface area contributed by atoms with E-state index in [4.69, 9.17) is 5.84 Å². The Balaban J connectivity index is 3.47. The highest BCUT2D eigenvalue weighted by Gasteiger charge is 2.28. The number of hydrazine groups is 1. The second kappa shape index (κ2) is 4.96. The van der Waals surface area contributed by atoms with E-state index in [0.717, 1.165) is 6.07 Å². The maximum Gasteiger partial charge on any atom is 0.300 e. The number of carbonyl (C=O) groups is 2. The summed E-state index contributed by atoms with van der Waals surface area (Å²) >= 11 is 0. The van der Waals surface area contributed by atoms with Gasteiger partial charge >= 0.3 is 6.43 Å². The monoisotopic (exact) mass is 246 g/mol. The van der Waals surface area contributed by atoms with E-state index in [1.54, 1.807) is 5.43 Å². The maximum atomic E-state index is 13.6. The van der Waals surface area contributed by atoms with Crippen LogP contribution in [0.3, 0.4) is 0 Å². The topological polar surface area (TPSA) is 72.2 Å². The van der Waals surface area contributed by atoms with Crippen LogP contribution in [0.5, 0.6) is 0 Å². The van der Waals surface area contributed by atoms with Gasteiger partial charge in [-0.25, -0.2) is 19.0 Å². The number of carbonyl (C=O) groups excluding carboxylic acids is 2. The average molecular weight is 246 g/mol. The molecule has 4 nitrogen and oxygen atoms in total. The van der Waals surface area contributed by atoms with Gasteiger partial charge in [0.2, 0.25) is 5.78 Å². The lowest BCUT2D eigenvalue weighted by Gasteiger charge is -2.09. The van der Waals surface area contributed by atoms with Crippen LogP contribution in [0.4, 0.5) is 13.2 Å². The van der Waals surface area contributed by atoms with Crippen molar-refractivity contribution in [3.8, 4) is 0 Å². The molecule has 1 amide bonds. The molecule has 0 saturated heterocycles. The molecule has 1 rings (SSSR count). The minimum Gasteiger partial charge on any atom is -0.290 e. The first-order valence-corrected chi connectivity index (χ1v) is 4.52. The summed E-state index contributed by atoms with van der Waals surface area (Å²) in [4.78, 5) is 22.4. The molecule has 7 heteroatoms. The lowest BCUT2D eigenvalue weighted by molar-refractivity contribution is 0.0670. The van der Waals surface area contributed by atoms with Crippen molar-refractivity contribution in [2.75, 3.05) is 0 Å². The molecule has 0 atom stereocenters. The number of rotatable bonds is 3. The minimum absolute atomic E-state index is 0.0115. The Morgan fingerprint density at radius 2 is 1.94 bits per heavy atom. The van der Waals surface area contributed by atoms with E-state index >= 15 is 0 Å². The van der Waals surface area contributed by atoms with Crippen LogP contribution in [0.15, 0.2) is 12.1 Å². The number of nitrogen functional groups attached to an aromatic ring is 1. The fraction of sp³-hybridized carbons (Fsp3) is 0.200. The number of nitrogens with one attached hydrogen (secondary N) is 1. The number of ketones is 1. The summed E-state index contributed by atoms with van der Waals surface area (Å²) in [5, 5.41) is 0. The molecule has 0 spiro atoms. The predicted molar refractivity (Wildman–Crippen MR) is 53.1 cm³/mol. The summed E-state index contributed by atoms with van der Waals surface area (Å²) < 4.78 is 38.2. The molecule has 0 radical (unpaired) electrons. The zero-order chi connectivity index (χ0) is 13.2. The molecule has 92 valence electrons. The van der Waals surface area contributed by atoms with Crippen LogP contribution in [-0.4, -0.2) is 18.1 Å². The van der Waals surface area contributed by atoms with Crippen LogP contribution in [0, 0.1) is 12.7 Å². The summed E-state index contributed by atoms with van der Waals surface area (Å²) in [6.07, 6.45) is -3.39. The minimum atomic E-state index is -3.39. The smallest absolute Gasteiger partial charge is 0.290 e. The van der Waals surface area contributed by atoms with Gasteiger partial charge in [-0.2, -0.15) is 0 Å². The van der Waals surface area contributed by atoms with Gasteiger partial charge in [0, 0.05) is 0 Å². The fourth-order valence-electron chi connectivity index (χ4n) is 1.30. The molecule has 0 aliphatic heterocycles. The Morgan fingerprint density at radius 1 is 1.35 bits per heavy atom. The molecule has 0 unspecified atom stereocenters. The summed E-state index contributed by atoms with van der Waals surface area (Å²) in [5.74, 6) is 0.922. The number of Topliss-reactive ketones (excluding diaryl/α,β-unsaturated/α-hetero) is 1. The van der Waals surface area contributed by atoms with Crippen molar-refractivity contribution in [1.29, 1.82) is 0 Å². The van der Waals surface area contributed by atoms with Crippen LogP contribution in [0.2, 0.25) is 0 Å². The molecule has 0 aliphatic rings. The van der Waals surface area contributed by atoms with Crippen LogP contribution in [0.25, 0.3) is 0 Å². The lowest BCUT2D eigenvalue weighted by atomic mass is 9.99. The van der Waals surface area contributed by atoms with Gasteiger partial charge in [0.1, 0.15) is 5.82 Å². The van der Waals surface area contributed by atoms with Gasteiger partial charge in [-0.1, -0.05) is 6.07 Å². The first-order chi connectivity index (χ1) is 7.90. The molecule has 0 bridgehead atoms. The van der Waals surface area contributed by atoms with Crippen LogP contribution < -0.4 is 11.3 Å². The van der Waals surface area contributed by atoms with E-state index in [1.165, 1.54) is 13.0 Å². The van der Waals surface area contributed by atoms with Crippen molar-refractivity contribution in [3.05, 3.63) is 34.6 Å². The quantitative estimate of drug-likeness (QED) is 0.364. The van der Waals surface area contributed by atoms with Crippen molar-refractivity contribution in [1.82, 2.24) is 5.43 Å². The van der Waals surface area contributed by atoms with E-state index in [9.17, 15) is 22.8 Å². The number of hydrogen-bond acceptors (Lipinski definition) is 3. The molecule has 0 fully saturated rings. The van der Waals surface area contributed by atoms with E-state index in [2.05, 4.69) is 0 Å². The van der Waals surface area contributed by atoms with Crippen LogP contribution in [0.1, 0.15) is 26.3 Å². The van der Waals surface area contributed by atoms with Gasteiger partial charge in [-0.15, -0.1) is 0 Å². The van der Waals surface area contributed by atoms with Crippen LogP contribution >= 0.6 is 0 Å². The highest BCUT2D eigenvalue weighted by molar-refractivity contribution is 6.09. The largest absolute Gasteiger partial charge is 0.300 e. The van der Waals surface area contributed by atoms with Gasteiger partial charge in [0.25, 0.3) is 5.91 Å². The van der Waals surface area contributed by atoms with Crippen molar-refractivity contribution in [2.45, 2.75) is 13.3 Å². The van der Waals surface area contributed by atoms with Gasteiger partial charge in [-0.3, -0.25) is 15.0 Å². The second-order valence-corrected chi connectivity index (χ2v) is 3.26. The SMILES string of the molecule is Cc1ccc(C(=O)NN)c(C(=O)C(F)F)c1F. The van der Waals surface area contributed by atoms with Gasteiger partial charge in [0.05, 0.1) is 11.1 Å². The summed E-state index contributed by atoms with van der Waals surface area (Å²) in [6.45, 7) is 1.29. The first-order valence-electron chi connectivity index (χ1n) is 4.52. The third kappa shape index (κ3) is 2.44. The zero-order valence-corrected chi connectivity index (χ0v) is 8.76. The van der Waals surface area contributed by atoms with Crippen LogP contribution in [-0.2, 0) is 0 Å². The van der Waals surface area contributed by atoms with E-state index < -0.39 is 35.1 Å². The second-order valence-electron chi connectivity index (χ2n) is 3.26. The Kier molecular flexibility index (Phi) is 3.84. The Labute approximate surface area is 94.6 Å². The van der Waals surface area contributed by atoms with Gasteiger partial charge in [-0.05, 0) is 18.6 Å². The Morgan fingerprint density at radius 3 is 2.41 bits per heavy atom. The van der Waals surface area contributed by atoms with Crippen molar-refractivity contribution < 1.29 is 22.8 Å². The molecule has 1 aromatic rings. The van der Waals surface area contributed by atoms with E-state index in [1.807, 2.05) is 0 Å². The van der Waals surface area contributed by atoms with Gasteiger partial charge in [0.15, 0.2) is 0 Å². The Hall–Kier alpha value is -1.89. The third-order valence-corrected chi connectivity index (χ3v) is 2.16. The standard InChI is InChI=1S/C10H9F3N2O2/c1-4-2-3-5(10(17)15-14)6(7(4)11)8(16)9(12)13/h2-3,9H,14H2,1H3,(H,15,17). The number of alkyl halides is 2. The lowest BCUT2D eigenvalue weighted by Crippen LogP contribution is -2.32. The van der Waals surface area contributed by atoms with E-state index in [-0.39, 0.29) is 5.56 Å². The number of nitrogens with two attached hydrogens (primary N) is 1. The third-order valence-electron chi connectivity index (χ3n) is 2.16. The molecule has 0 saturated carbocycles. The number of hydrogen-bond donors (Lipinski definition) is 2. The average Bonchev–Trinajstić information content (AvgIpc) is 2.30. The first kappa shape index (κ1) is 13.2. The number of aryl methyl sites for hydroxylation is 1. The van der Waals surface area contributed by atoms with Crippen molar-refractivity contribution >= 4 is 11.7 Å². The predicted octanol–water partition coefficient (Wildman–Crippen LogP) is 1.19. The molecule has 0 aromatic heterocycles. The molecule has 17 heavy (non-hydrogen) atoms. The van der Waals surface area contributed by atoms with Crippen molar-refractivity contribution in [3.63, 3.8) is 0 Å². The fourth-order valence-corrected chi connectivity index (χ4v) is 1.30. The molecule has 1 aromatic carbocycles. The molecular formula is C10H9F3N2O2. The highest BCUT2D eigenvalue weighted by Crippen LogP contribution is 2.20. The van der Waals surface area contributed by atoms with Crippen molar-refractivity contribution in [2.24, 2.45) is 5.84 Å². The maximum absolute atomic E-state index is 13.6. The normalized spacial score (nSPS) is 10.5.